The fourth-order valence-corrected chi connectivity index (χ4v) is 8.95. The molecule has 1 aromatic heterocycles. The first-order chi connectivity index (χ1) is 30.1. The number of benzene rings is 8. The van der Waals surface area contributed by atoms with E-state index in [0.717, 1.165) is 56.0 Å². The van der Waals surface area contributed by atoms with Crippen LogP contribution in [-0.2, 0) is 5.41 Å². The van der Waals surface area contributed by atoms with E-state index in [4.69, 9.17) is 0 Å². The molecule has 1 heterocycles. The molecule has 0 unspecified atom stereocenters. The lowest BCUT2D eigenvalue weighted by Crippen LogP contribution is -2.15. The van der Waals surface area contributed by atoms with E-state index >= 15 is 17.6 Å². The molecule has 1 aliphatic rings. The Bertz CT molecular complexity index is 3110. The van der Waals surface area contributed by atoms with E-state index in [1.54, 1.807) is 30.3 Å². The highest BCUT2D eigenvalue weighted by molar-refractivity contribution is 6.08. The van der Waals surface area contributed by atoms with Crippen molar-refractivity contribution in [2.24, 2.45) is 0 Å². The van der Waals surface area contributed by atoms with Gasteiger partial charge in [0.1, 0.15) is 5.69 Å². The molecule has 7 heteroatoms. The van der Waals surface area contributed by atoms with Gasteiger partial charge in [-0.15, -0.1) is 0 Å². The van der Waals surface area contributed by atoms with E-state index < -0.39 is 40.2 Å². The van der Waals surface area contributed by atoms with Crippen molar-refractivity contribution < 1.29 is 22.0 Å². The van der Waals surface area contributed by atoms with Gasteiger partial charge in [-0.1, -0.05) is 153 Å². The molecule has 8 aromatic carbocycles. The Hall–Kier alpha value is -7.51. The fourth-order valence-electron chi connectivity index (χ4n) is 8.95. The van der Waals surface area contributed by atoms with E-state index in [1.165, 1.54) is 4.57 Å². The minimum atomic E-state index is -2.21. The highest BCUT2D eigenvalue weighted by Crippen LogP contribution is 2.53. The van der Waals surface area contributed by atoms with E-state index in [0.29, 0.717) is 27.7 Å². The molecule has 2 nitrogen and oxygen atoms in total. The molecule has 0 amide bonds. The third kappa shape index (κ3) is 6.31. The average molecular weight is 821 g/mol. The van der Waals surface area contributed by atoms with Gasteiger partial charge in [-0.05, 0) is 93.0 Å². The lowest BCUT2D eigenvalue weighted by Gasteiger charge is -2.25. The maximum Gasteiger partial charge on any atom is 0.200 e. The van der Waals surface area contributed by atoms with Crippen LogP contribution in [0.15, 0.2) is 176 Å². The standard InChI is InChI=1S/C55H37F5N2/c1-55(2)44-31-35(24-23-34-25-28-40(29-26-34)61(38-19-11-5-12-20-38)39-21-13-6-14-22-39)27-30-41(44)42-32-43-46(33-45(42)55)62(54-51(59)49(57)48(56)50(58)52(54)60)53(37-17-9-4-10-18-37)47(43)36-15-7-3-8-16-36/h3-33H,1-2H3/b24-23+. The molecule has 62 heavy (non-hydrogen) atoms. The van der Waals surface area contributed by atoms with Gasteiger partial charge in [0.2, 0.25) is 5.82 Å². The molecular weight excluding hydrogens is 784 g/mol. The van der Waals surface area contributed by atoms with Crippen LogP contribution in [-0.4, -0.2) is 4.57 Å². The Morgan fingerprint density at radius 1 is 0.452 bits per heavy atom. The van der Waals surface area contributed by atoms with Gasteiger partial charge in [0, 0.05) is 33.4 Å². The van der Waals surface area contributed by atoms with E-state index in [1.807, 2.05) is 78.9 Å². The molecular formula is C55H37F5N2. The Balaban J connectivity index is 1.09. The van der Waals surface area contributed by atoms with Gasteiger partial charge in [-0.25, -0.2) is 22.0 Å². The summed E-state index contributed by atoms with van der Waals surface area (Å²) in [6, 6.07) is 57.3. The number of nitrogens with zero attached hydrogens (tertiary/aromatic N) is 2. The van der Waals surface area contributed by atoms with Crippen LogP contribution in [0.3, 0.4) is 0 Å². The van der Waals surface area contributed by atoms with Crippen LogP contribution in [0.5, 0.6) is 0 Å². The molecule has 0 N–H and O–H groups in total. The number of hydrogen-bond donors (Lipinski definition) is 0. The minimum Gasteiger partial charge on any atom is -0.311 e. The lowest BCUT2D eigenvalue weighted by molar-refractivity contribution is 0.376. The van der Waals surface area contributed by atoms with Crippen LogP contribution in [0, 0.1) is 29.1 Å². The molecule has 0 radical (unpaired) electrons. The van der Waals surface area contributed by atoms with Crippen molar-refractivity contribution in [2.75, 3.05) is 4.90 Å². The van der Waals surface area contributed by atoms with Crippen LogP contribution >= 0.6 is 0 Å². The normalized spacial score (nSPS) is 12.8. The van der Waals surface area contributed by atoms with Gasteiger partial charge in [-0.3, -0.25) is 0 Å². The molecule has 0 aliphatic heterocycles. The van der Waals surface area contributed by atoms with Crippen molar-refractivity contribution in [3.05, 3.63) is 227 Å². The summed E-state index contributed by atoms with van der Waals surface area (Å²) in [6.45, 7) is 4.17. The molecule has 9 aromatic rings. The predicted molar refractivity (Wildman–Crippen MR) is 242 cm³/mol. The summed E-state index contributed by atoms with van der Waals surface area (Å²) in [6.07, 6.45) is 4.16. The first-order valence-corrected chi connectivity index (χ1v) is 20.3. The van der Waals surface area contributed by atoms with Crippen molar-refractivity contribution in [1.82, 2.24) is 4.57 Å². The number of rotatable bonds is 8. The van der Waals surface area contributed by atoms with Gasteiger partial charge >= 0.3 is 0 Å². The van der Waals surface area contributed by atoms with Gasteiger partial charge in [0.15, 0.2) is 23.3 Å². The quantitative estimate of drug-likeness (QED) is 0.0642. The predicted octanol–water partition coefficient (Wildman–Crippen LogP) is 15.6. The van der Waals surface area contributed by atoms with Crippen LogP contribution < -0.4 is 4.90 Å². The fraction of sp³-hybridized carbons (Fsp3) is 0.0545. The topological polar surface area (TPSA) is 8.17 Å². The molecule has 0 atom stereocenters. The Morgan fingerprint density at radius 3 is 1.50 bits per heavy atom. The molecule has 0 saturated heterocycles. The van der Waals surface area contributed by atoms with E-state index in [9.17, 15) is 4.39 Å². The second-order valence-electron chi connectivity index (χ2n) is 16.0. The van der Waals surface area contributed by atoms with Gasteiger partial charge in [0.25, 0.3) is 0 Å². The molecule has 1 aliphatic carbocycles. The monoisotopic (exact) mass is 820 g/mol. The van der Waals surface area contributed by atoms with Crippen molar-refractivity contribution in [3.63, 3.8) is 0 Å². The molecule has 0 saturated carbocycles. The highest BCUT2D eigenvalue weighted by Gasteiger charge is 2.38. The molecule has 0 spiro atoms. The third-order valence-corrected chi connectivity index (χ3v) is 12.0. The number of halogens is 5. The smallest absolute Gasteiger partial charge is 0.200 e. The van der Waals surface area contributed by atoms with E-state index in [-0.39, 0.29) is 0 Å². The second-order valence-corrected chi connectivity index (χ2v) is 16.0. The van der Waals surface area contributed by atoms with Crippen molar-refractivity contribution in [3.8, 4) is 39.2 Å². The van der Waals surface area contributed by atoms with Crippen molar-refractivity contribution >= 4 is 40.1 Å². The number of hydrogen-bond acceptors (Lipinski definition) is 1. The van der Waals surface area contributed by atoms with Crippen LogP contribution in [0.25, 0.3) is 62.3 Å². The van der Waals surface area contributed by atoms with Crippen molar-refractivity contribution in [2.45, 2.75) is 19.3 Å². The minimum absolute atomic E-state index is 0.304. The summed E-state index contributed by atoms with van der Waals surface area (Å²) < 4.78 is 78.0. The zero-order valence-corrected chi connectivity index (χ0v) is 33.7. The largest absolute Gasteiger partial charge is 0.311 e. The Kier molecular flexibility index (Phi) is 9.48. The summed E-state index contributed by atoms with van der Waals surface area (Å²) in [4.78, 5) is 2.22. The summed E-state index contributed by atoms with van der Waals surface area (Å²) in [5.74, 6) is -10.0. The molecule has 0 fully saturated rings. The maximum atomic E-state index is 16.1. The Labute approximate surface area is 356 Å². The Morgan fingerprint density at radius 2 is 0.919 bits per heavy atom. The number of fused-ring (bicyclic) bond motifs is 4. The molecule has 10 rings (SSSR count). The first kappa shape index (κ1) is 38.7. The summed E-state index contributed by atoms with van der Waals surface area (Å²) in [7, 11) is 0. The first-order valence-electron chi connectivity index (χ1n) is 20.3. The average Bonchev–Trinajstić information content (AvgIpc) is 3.75. The van der Waals surface area contributed by atoms with Crippen LogP contribution in [0.1, 0.15) is 36.1 Å². The maximum absolute atomic E-state index is 16.1. The SMILES string of the molecule is CC1(C)c2cc(/C=C/c3ccc(N(c4ccccc4)c4ccccc4)cc3)ccc2-c2cc3c(-c4ccccc4)c(-c4ccccc4)n(-c4c(F)c(F)c(F)c(F)c4F)c3cc21. The lowest BCUT2D eigenvalue weighted by atomic mass is 9.81. The molecule has 302 valence electrons. The van der Waals surface area contributed by atoms with Crippen LogP contribution in [0.4, 0.5) is 39.0 Å². The summed E-state index contributed by atoms with van der Waals surface area (Å²) >= 11 is 0. The van der Waals surface area contributed by atoms with Gasteiger partial charge < -0.3 is 9.47 Å². The summed E-state index contributed by atoms with van der Waals surface area (Å²) in [5.41, 5.74) is 9.84. The second kappa shape index (κ2) is 15.2. The van der Waals surface area contributed by atoms with Gasteiger partial charge in [0.05, 0.1) is 11.2 Å². The van der Waals surface area contributed by atoms with E-state index in [2.05, 4.69) is 97.6 Å². The zero-order chi connectivity index (χ0) is 42.7. The van der Waals surface area contributed by atoms with Crippen molar-refractivity contribution in [1.29, 1.82) is 0 Å². The van der Waals surface area contributed by atoms with Gasteiger partial charge in [-0.2, -0.15) is 0 Å². The zero-order valence-electron chi connectivity index (χ0n) is 33.7. The third-order valence-electron chi connectivity index (χ3n) is 12.0. The number of aromatic nitrogens is 1. The summed E-state index contributed by atoms with van der Waals surface area (Å²) in [5, 5.41) is 0.604. The number of para-hydroxylation sites is 2. The number of anilines is 3. The molecule has 0 bridgehead atoms. The van der Waals surface area contributed by atoms with Crippen LogP contribution in [0.2, 0.25) is 0 Å². The highest BCUT2D eigenvalue weighted by atomic mass is 19.2.